The summed E-state index contributed by atoms with van der Waals surface area (Å²) >= 11 is 0. The molecular weight excluding hydrogens is 156 g/mol. The third kappa shape index (κ3) is 2.02. The molecule has 0 aliphatic rings. The first-order valence-corrected chi connectivity index (χ1v) is 4.00. The number of aryl methyl sites for hydroxylation is 1. The molecule has 0 aromatic carbocycles. The second kappa shape index (κ2) is 4.18. The van der Waals surface area contributed by atoms with Gasteiger partial charge in [-0.25, -0.2) is 0 Å². The molecule has 68 valence electrons. The van der Waals surface area contributed by atoms with E-state index in [0.717, 1.165) is 6.54 Å². The molecule has 1 unspecified atom stereocenters. The van der Waals surface area contributed by atoms with Crippen molar-refractivity contribution >= 4 is 0 Å². The van der Waals surface area contributed by atoms with Gasteiger partial charge in [-0.05, 0) is 14.0 Å². The molecule has 0 aliphatic heterocycles. The van der Waals surface area contributed by atoms with E-state index in [0.29, 0.717) is 12.2 Å². The van der Waals surface area contributed by atoms with Gasteiger partial charge < -0.3 is 10.4 Å². The molecule has 5 heteroatoms. The molecule has 1 aromatic heterocycles. The van der Waals surface area contributed by atoms with Gasteiger partial charge in [0.1, 0.15) is 11.8 Å². The van der Waals surface area contributed by atoms with Crippen LogP contribution >= 0.6 is 0 Å². The van der Waals surface area contributed by atoms with Crippen LogP contribution in [0.5, 0.6) is 0 Å². The van der Waals surface area contributed by atoms with Crippen molar-refractivity contribution in [2.24, 2.45) is 0 Å². The molecule has 0 saturated heterocycles. The van der Waals surface area contributed by atoms with Gasteiger partial charge in [-0.1, -0.05) is 5.21 Å². The maximum Gasteiger partial charge on any atom is 0.112 e. The van der Waals surface area contributed by atoms with Crippen LogP contribution in [0.4, 0.5) is 0 Å². The lowest BCUT2D eigenvalue weighted by Gasteiger charge is -2.03. The van der Waals surface area contributed by atoms with E-state index >= 15 is 0 Å². The lowest BCUT2D eigenvalue weighted by Crippen LogP contribution is -2.16. The summed E-state index contributed by atoms with van der Waals surface area (Å²) < 4.78 is 1.69. The van der Waals surface area contributed by atoms with Crippen molar-refractivity contribution in [2.45, 2.75) is 19.6 Å². The molecule has 0 amide bonds. The number of aromatic nitrogens is 3. The molecule has 2 N–H and O–H groups in total. The van der Waals surface area contributed by atoms with E-state index in [9.17, 15) is 5.11 Å². The van der Waals surface area contributed by atoms with E-state index in [1.165, 1.54) is 0 Å². The molecule has 0 aliphatic carbocycles. The monoisotopic (exact) mass is 170 g/mol. The van der Waals surface area contributed by atoms with Gasteiger partial charge in [-0.3, -0.25) is 4.68 Å². The number of hydrogen-bond donors (Lipinski definition) is 2. The van der Waals surface area contributed by atoms with Crippen molar-refractivity contribution < 1.29 is 5.11 Å². The predicted octanol–water partition coefficient (Wildman–Crippen LogP) is -0.449. The molecule has 1 aromatic rings. The SMILES string of the molecule is CCn1cc(C(O)CNC)nn1. The highest BCUT2D eigenvalue weighted by Gasteiger charge is 2.09. The Morgan fingerprint density at radius 2 is 2.50 bits per heavy atom. The maximum atomic E-state index is 9.45. The van der Waals surface area contributed by atoms with Crippen molar-refractivity contribution in [1.29, 1.82) is 0 Å². The second-order valence-corrected chi connectivity index (χ2v) is 2.57. The Balaban J connectivity index is 2.61. The van der Waals surface area contributed by atoms with E-state index in [-0.39, 0.29) is 0 Å². The molecule has 0 bridgehead atoms. The summed E-state index contributed by atoms with van der Waals surface area (Å²) in [4.78, 5) is 0. The number of nitrogens with one attached hydrogen (secondary N) is 1. The summed E-state index contributed by atoms with van der Waals surface area (Å²) in [5, 5.41) is 20.0. The Morgan fingerprint density at radius 3 is 3.00 bits per heavy atom. The van der Waals surface area contributed by atoms with Crippen LogP contribution in [0.2, 0.25) is 0 Å². The molecule has 5 nitrogen and oxygen atoms in total. The number of likely N-dealkylation sites (N-methyl/N-ethyl adjacent to an activating group) is 1. The Kier molecular flexibility index (Phi) is 3.19. The van der Waals surface area contributed by atoms with Crippen LogP contribution in [0.25, 0.3) is 0 Å². The van der Waals surface area contributed by atoms with E-state index < -0.39 is 6.10 Å². The number of aliphatic hydroxyl groups is 1. The van der Waals surface area contributed by atoms with Gasteiger partial charge in [0.25, 0.3) is 0 Å². The number of nitrogens with zero attached hydrogens (tertiary/aromatic N) is 3. The minimum atomic E-state index is -0.560. The molecule has 0 fully saturated rings. The first-order valence-electron chi connectivity index (χ1n) is 4.00. The lowest BCUT2D eigenvalue weighted by molar-refractivity contribution is 0.173. The van der Waals surface area contributed by atoms with E-state index in [1.807, 2.05) is 6.92 Å². The van der Waals surface area contributed by atoms with Gasteiger partial charge in [0.05, 0.1) is 6.20 Å². The van der Waals surface area contributed by atoms with Crippen molar-refractivity contribution in [3.05, 3.63) is 11.9 Å². The summed E-state index contributed by atoms with van der Waals surface area (Å²) in [6.45, 7) is 3.25. The molecule has 12 heavy (non-hydrogen) atoms. The normalized spacial score (nSPS) is 13.2. The van der Waals surface area contributed by atoms with Crippen molar-refractivity contribution in [2.75, 3.05) is 13.6 Å². The zero-order chi connectivity index (χ0) is 8.97. The number of aliphatic hydroxyl groups excluding tert-OH is 1. The molecule has 1 atom stereocenters. The van der Waals surface area contributed by atoms with Gasteiger partial charge >= 0.3 is 0 Å². The Morgan fingerprint density at radius 1 is 1.75 bits per heavy atom. The number of hydrogen-bond acceptors (Lipinski definition) is 4. The van der Waals surface area contributed by atoms with Crippen LogP contribution in [0.1, 0.15) is 18.7 Å². The third-order valence-corrected chi connectivity index (χ3v) is 1.62. The Hall–Kier alpha value is -0.940. The standard InChI is InChI=1S/C7H14N4O/c1-3-11-5-6(9-10-11)7(12)4-8-2/h5,7-8,12H,3-4H2,1-2H3. The van der Waals surface area contributed by atoms with E-state index in [2.05, 4.69) is 15.6 Å². The highest BCUT2D eigenvalue weighted by Crippen LogP contribution is 2.06. The smallest absolute Gasteiger partial charge is 0.112 e. The van der Waals surface area contributed by atoms with Crippen LogP contribution < -0.4 is 5.32 Å². The van der Waals surface area contributed by atoms with Crippen LogP contribution in [-0.4, -0.2) is 33.7 Å². The molecule has 0 spiro atoms. The summed E-state index contributed by atoms with van der Waals surface area (Å²) in [6, 6.07) is 0. The molecule has 0 saturated carbocycles. The summed E-state index contributed by atoms with van der Waals surface area (Å²) in [5.74, 6) is 0. The minimum absolute atomic E-state index is 0.502. The van der Waals surface area contributed by atoms with Crippen LogP contribution in [0.3, 0.4) is 0 Å². The topological polar surface area (TPSA) is 63.0 Å². The van der Waals surface area contributed by atoms with Gasteiger partial charge in [-0.2, -0.15) is 0 Å². The van der Waals surface area contributed by atoms with Gasteiger partial charge in [-0.15, -0.1) is 5.10 Å². The fourth-order valence-electron chi connectivity index (χ4n) is 0.919. The average molecular weight is 170 g/mol. The predicted molar refractivity (Wildman–Crippen MR) is 44.6 cm³/mol. The van der Waals surface area contributed by atoms with Crippen molar-refractivity contribution in [3.8, 4) is 0 Å². The largest absolute Gasteiger partial charge is 0.385 e. The van der Waals surface area contributed by atoms with E-state index in [1.54, 1.807) is 17.9 Å². The molecule has 1 rings (SSSR count). The zero-order valence-electron chi connectivity index (χ0n) is 7.36. The van der Waals surface area contributed by atoms with Crippen molar-refractivity contribution in [1.82, 2.24) is 20.3 Å². The highest BCUT2D eigenvalue weighted by atomic mass is 16.3. The maximum absolute atomic E-state index is 9.45. The average Bonchev–Trinajstić information content (AvgIpc) is 2.52. The summed E-state index contributed by atoms with van der Waals surface area (Å²) in [7, 11) is 1.79. The lowest BCUT2D eigenvalue weighted by atomic mass is 10.3. The number of rotatable bonds is 4. The van der Waals surface area contributed by atoms with Gasteiger partial charge in [0.2, 0.25) is 0 Å². The summed E-state index contributed by atoms with van der Waals surface area (Å²) in [5.41, 5.74) is 0.617. The highest BCUT2D eigenvalue weighted by molar-refractivity contribution is 4.97. The first kappa shape index (κ1) is 9.15. The minimum Gasteiger partial charge on any atom is -0.385 e. The molecular formula is C7H14N4O. The Bertz CT molecular complexity index is 235. The molecule has 1 heterocycles. The van der Waals surface area contributed by atoms with Crippen molar-refractivity contribution in [3.63, 3.8) is 0 Å². The van der Waals surface area contributed by atoms with Crippen LogP contribution in [-0.2, 0) is 6.54 Å². The second-order valence-electron chi connectivity index (χ2n) is 2.57. The third-order valence-electron chi connectivity index (χ3n) is 1.62. The molecule has 0 radical (unpaired) electrons. The van der Waals surface area contributed by atoms with Crippen LogP contribution in [0.15, 0.2) is 6.20 Å². The van der Waals surface area contributed by atoms with Gasteiger partial charge in [0, 0.05) is 13.1 Å². The van der Waals surface area contributed by atoms with Crippen LogP contribution in [0, 0.1) is 0 Å². The van der Waals surface area contributed by atoms with Gasteiger partial charge in [0.15, 0.2) is 0 Å². The first-order chi connectivity index (χ1) is 5.77. The summed E-state index contributed by atoms with van der Waals surface area (Å²) in [6.07, 6.45) is 1.19. The quantitative estimate of drug-likeness (QED) is 0.642. The zero-order valence-corrected chi connectivity index (χ0v) is 7.36. The fourth-order valence-corrected chi connectivity index (χ4v) is 0.919. The fraction of sp³-hybridized carbons (Fsp3) is 0.714. The Labute approximate surface area is 71.4 Å². The van der Waals surface area contributed by atoms with E-state index in [4.69, 9.17) is 0 Å².